The summed E-state index contributed by atoms with van der Waals surface area (Å²) in [6.45, 7) is -0.994. The van der Waals surface area contributed by atoms with Gasteiger partial charge in [-0.15, -0.1) is 0 Å². The molecule has 0 radical (unpaired) electrons. The number of amides is 5. The van der Waals surface area contributed by atoms with Crippen LogP contribution in [0.4, 0.5) is 0 Å². The average Bonchev–Trinajstić information content (AvgIpc) is 3.40. The van der Waals surface area contributed by atoms with Crippen molar-refractivity contribution < 1.29 is 48.9 Å². The number of aliphatic hydroxyl groups excluding tert-OH is 1. The fourth-order valence-electron chi connectivity index (χ4n) is 4.64. The number of aliphatic hydroxyl groups is 1. The Kier molecular flexibility index (Phi) is 17.7. The number of carbonyl (C=O) groups is 7. The highest BCUT2D eigenvalue weighted by atomic mass is 16.4. The number of carboxylic acid groups (broad SMARTS) is 2. The molecule has 1 heterocycles. The molecule has 0 bridgehead atoms. The van der Waals surface area contributed by atoms with E-state index in [9.17, 15) is 43.8 Å². The quantitative estimate of drug-likeness (QED) is 0.0303. The number of aliphatic imine (C=N–C) groups is 2. The molecule has 0 aliphatic carbocycles. The largest absolute Gasteiger partial charge is 0.481 e. The van der Waals surface area contributed by atoms with Gasteiger partial charge in [-0.25, -0.2) is 4.79 Å². The molecule has 0 spiro atoms. The third-order valence-corrected chi connectivity index (χ3v) is 6.96. The molecule has 1 fully saturated rings. The van der Waals surface area contributed by atoms with Crippen molar-refractivity contribution in [2.45, 2.75) is 75.2 Å². The number of likely N-dealkylation sites (tertiary alicyclic amines) is 1. The highest BCUT2D eigenvalue weighted by molar-refractivity contribution is 5.95. The Morgan fingerprint density at radius 2 is 1.35 bits per heavy atom. The highest BCUT2D eigenvalue weighted by Gasteiger charge is 2.43. The van der Waals surface area contributed by atoms with Crippen LogP contribution in [-0.4, -0.2) is 137 Å². The molecule has 17 N–H and O–H groups in total. The predicted octanol–water partition coefficient (Wildman–Crippen LogP) is -6.47. The van der Waals surface area contributed by atoms with Crippen molar-refractivity contribution in [3.63, 3.8) is 0 Å². The minimum Gasteiger partial charge on any atom is -0.481 e. The maximum Gasteiger partial charge on any atom is 0.326 e. The van der Waals surface area contributed by atoms with Crippen molar-refractivity contribution in [3.05, 3.63) is 0 Å². The lowest BCUT2D eigenvalue weighted by Crippen LogP contribution is -2.57. The molecule has 5 amide bonds. The minimum atomic E-state index is -1.49. The summed E-state index contributed by atoms with van der Waals surface area (Å²) in [5, 5.41) is 38.3. The first-order valence-corrected chi connectivity index (χ1v) is 15.0. The SMILES string of the molecule is NCC(=O)N[C@@H](CCCN=C(N)N)C(=O)N1CC[C@H](O)[C@H]1C(=O)NCC(=O)N[C@@H](CCC(=O)O)C(=O)N[C@@H](CCCN=C(N)N)C(=O)O. The molecular formula is C26H46N12O10. The zero-order chi connectivity index (χ0) is 36.4. The molecule has 0 unspecified atom stereocenters. The van der Waals surface area contributed by atoms with Crippen molar-refractivity contribution in [2.24, 2.45) is 38.7 Å². The summed E-state index contributed by atoms with van der Waals surface area (Å²) < 4.78 is 0. The van der Waals surface area contributed by atoms with Gasteiger partial charge in [0.2, 0.25) is 29.5 Å². The van der Waals surface area contributed by atoms with E-state index in [1.807, 2.05) is 0 Å². The van der Waals surface area contributed by atoms with E-state index in [0.29, 0.717) is 0 Å². The van der Waals surface area contributed by atoms with Gasteiger partial charge < -0.3 is 70.2 Å². The van der Waals surface area contributed by atoms with Crippen molar-refractivity contribution >= 4 is 53.4 Å². The van der Waals surface area contributed by atoms with Gasteiger partial charge in [0.05, 0.1) is 19.2 Å². The van der Waals surface area contributed by atoms with Crippen LogP contribution in [0, 0.1) is 0 Å². The van der Waals surface area contributed by atoms with Gasteiger partial charge in [-0.05, 0) is 38.5 Å². The Morgan fingerprint density at radius 3 is 1.88 bits per heavy atom. The van der Waals surface area contributed by atoms with Crippen LogP contribution in [-0.2, 0) is 33.6 Å². The van der Waals surface area contributed by atoms with Crippen molar-refractivity contribution in [3.8, 4) is 0 Å². The summed E-state index contributed by atoms with van der Waals surface area (Å²) in [6, 6.07) is -5.48. The Bertz CT molecular complexity index is 1220. The van der Waals surface area contributed by atoms with Crippen molar-refractivity contribution in [2.75, 3.05) is 32.7 Å². The van der Waals surface area contributed by atoms with E-state index < -0.39 is 97.7 Å². The lowest BCUT2D eigenvalue weighted by Gasteiger charge is -2.29. The van der Waals surface area contributed by atoms with E-state index in [0.717, 1.165) is 4.90 Å². The average molecular weight is 687 g/mol. The number of nitrogens with zero attached hydrogens (tertiary/aromatic N) is 3. The highest BCUT2D eigenvalue weighted by Crippen LogP contribution is 2.20. The maximum absolute atomic E-state index is 13.4. The molecule has 0 aromatic heterocycles. The van der Waals surface area contributed by atoms with Crippen LogP contribution in [0.5, 0.6) is 0 Å². The van der Waals surface area contributed by atoms with E-state index in [4.69, 9.17) is 33.8 Å². The normalized spacial score (nSPS) is 17.2. The number of aliphatic carboxylic acids is 2. The van der Waals surface area contributed by atoms with E-state index in [2.05, 4.69) is 31.3 Å². The number of nitrogens with two attached hydrogens (primary N) is 5. The second-order valence-electron chi connectivity index (χ2n) is 10.7. The lowest BCUT2D eigenvalue weighted by molar-refractivity contribution is -0.143. The monoisotopic (exact) mass is 686 g/mol. The molecule has 22 nitrogen and oxygen atoms in total. The van der Waals surface area contributed by atoms with Gasteiger partial charge in [-0.2, -0.15) is 0 Å². The molecule has 48 heavy (non-hydrogen) atoms. The molecule has 1 aliphatic rings. The third kappa shape index (κ3) is 14.9. The Balaban J connectivity index is 2.94. The lowest BCUT2D eigenvalue weighted by atomic mass is 10.1. The Morgan fingerprint density at radius 1 is 0.792 bits per heavy atom. The summed E-state index contributed by atoms with van der Waals surface area (Å²) in [5.41, 5.74) is 26.4. The number of nitrogens with one attached hydrogen (secondary N) is 4. The van der Waals surface area contributed by atoms with Gasteiger partial charge in [-0.1, -0.05) is 0 Å². The molecule has 5 atom stereocenters. The topological polar surface area (TPSA) is 386 Å². The van der Waals surface area contributed by atoms with Crippen LogP contribution in [0.3, 0.4) is 0 Å². The van der Waals surface area contributed by atoms with Gasteiger partial charge in [0.15, 0.2) is 11.9 Å². The van der Waals surface area contributed by atoms with Crippen molar-refractivity contribution in [1.29, 1.82) is 0 Å². The Labute approximate surface area is 275 Å². The third-order valence-electron chi connectivity index (χ3n) is 6.96. The number of carbonyl (C=O) groups excluding carboxylic acids is 5. The number of carboxylic acids is 2. The molecule has 0 saturated carbocycles. The van der Waals surface area contributed by atoms with Crippen LogP contribution < -0.4 is 49.9 Å². The first-order valence-electron chi connectivity index (χ1n) is 15.0. The summed E-state index contributed by atoms with van der Waals surface area (Å²) in [7, 11) is 0. The molecule has 0 aromatic carbocycles. The fraction of sp³-hybridized carbons (Fsp3) is 0.654. The summed E-state index contributed by atoms with van der Waals surface area (Å²) in [4.78, 5) is 95.5. The van der Waals surface area contributed by atoms with Crippen LogP contribution >= 0.6 is 0 Å². The molecular weight excluding hydrogens is 640 g/mol. The predicted molar refractivity (Wildman–Crippen MR) is 168 cm³/mol. The fourth-order valence-corrected chi connectivity index (χ4v) is 4.64. The smallest absolute Gasteiger partial charge is 0.326 e. The van der Waals surface area contributed by atoms with Crippen LogP contribution in [0.15, 0.2) is 9.98 Å². The second-order valence-corrected chi connectivity index (χ2v) is 10.7. The summed E-state index contributed by atoms with van der Waals surface area (Å²) >= 11 is 0. The van der Waals surface area contributed by atoms with Crippen LogP contribution in [0.2, 0.25) is 0 Å². The molecule has 270 valence electrons. The number of rotatable bonds is 21. The van der Waals surface area contributed by atoms with E-state index in [1.54, 1.807) is 0 Å². The standard InChI is InChI=1S/C26H46N12O10/c27-11-17(40)36-14(3-1-8-32-25(28)29)23(46)38-10-7-16(39)20(38)22(45)34-12-18(41)35-13(5-6-19(42)43)21(44)37-15(24(47)48)4-2-9-33-26(30)31/h13-16,20,39H,1-12,27H2,(H,34,45)(H,35,41)(H,36,40)(H,37,44)(H,42,43)(H,47,48)(H4,28,29,32)(H4,30,31,33)/t13-,14-,15-,16-,20-/m0/s1. The second kappa shape index (κ2) is 20.8. The van der Waals surface area contributed by atoms with Gasteiger partial charge in [0, 0.05) is 26.1 Å². The molecule has 22 heteroatoms. The number of hydrogen-bond donors (Lipinski definition) is 12. The number of guanidine groups is 2. The first kappa shape index (κ1) is 40.8. The number of hydrogen-bond acceptors (Lipinski definition) is 11. The van der Waals surface area contributed by atoms with Crippen LogP contribution in [0.1, 0.15) is 44.9 Å². The van der Waals surface area contributed by atoms with E-state index in [1.165, 1.54) is 0 Å². The minimum absolute atomic E-state index is 0.00964. The molecule has 0 aromatic rings. The zero-order valence-electron chi connectivity index (χ0n) is 26.3. The summed E-state index contributed by atoms with van der Waals surface area (Å²) in [6.07, 6.45) is -1.85. The van der Waals surface area contributed by atoms with E-state index >= 15 is 0 Å². The summed E-state index contributed by atoms with van der Waals surface area (Å²) in [5.74, 6) is -7.25. The van der Waals surface area contributed by atoms with E-state index in [-0.39, 0.29) is 63.7 Å². The molecule has 1 aliphatic heterocycles. The van der Waals surface area contributed by atoms with Gasteiger partial charge in [0.25, 0.3) is 0 Å². The van der Waals surface area contributed by atoms with Gasteiger partial charge >= 0.3 is 11.9 Å². The molecule has 1 rings (SSSR count). The maximum atomic E-state index is 13.4. The first-order chi connectivity index (χ1) is 22.6. The molecule has 1 saturated heterocycles. The van der Waals surface area contributed by atoms with Gasteiger partial charge in [0.1, 0.15) is 24.2 Å². The van der Waals surface area contributed by atoms with Gasteiger partial charge in [-0.3, -0.25) is 38.8 Å². The zero-order valence-corrected chi connectivity index (χ0v) is 26.3. The van der Waals surface area contributed by atoms with Crippen LogP contribution in [0.25, 0.3) is 0 Å². The van der Waals surface area contributed by atoms with Crippen molar-refractivity contribution in [1.82, 2.24) is 26.2 Å². The Hall–Kier alpha value is -5.25.